The van der Waals surface area contributed by atoms with Gasteiger partial charge in [0.05, 0.1) is 6.04 Å². The number of para-hydroxylation sites is 1. The summed E-state index contributed by atoms with van der Waals surface area (Å²) in [4.78, 5) is 11.9. The van der Waals surface area contributed by atoms with E-state index >= 15 is 0 Å². The smallest absolute Gasteiger partial charge is 0.224 e. The summed E-state index contributed by atoms with van der Waals surface area (Å²) in [6.45, 7) is 4.12. The predicted octanol–water partition coefficient (Wildman–Crippen LogP) is 3.25. The van der Waals surface area contributed by atoms with Crippen molar-refractivity contribution in [2.75, 3.05) is 6.54 Å². The van der Waals surface area contributed by atoms with E-state index in [1.165, 1.54) is 0 Å². The van der Waals surface area contributed by atoms with E-state index in [-0.39, 0.29) is 17.9 Å². The van der Waals surface area contributed by atoms with Gasteiger partial charge in [-0.25, -0.2) is 0 Å². The Morgan fingerprint density at radius 3 is 2.23 bits per heavy atom. The summed E-state index contributed by atoms with van der Waals surface area (Å²) in [6, 6.07) is 17.3. The molecule has 116 valence electrons. The fourth-order valence-corrected chi connectivity index (χ4v) is 2.00. The molecule has 0 aliphatic heterocycles. The molecule has 0 aliphatic carbocycles. The highest BCUT2D eigenvalue weighted by Gasteiger charge is 2.14. The zero-order valence-corrected chi connectivity index (χ0v) is 13.0. The minimum Gasteiger partial charge on any atom is -0.457 e. The van der Waals surface area contributed by atoms with Crippen LogP contribution in [0.1, 0.15) is 25.5 Å². The Morgan fingerprint density at radius 1 is 1.05 bits per heavy atom. The van der Waals surface area contributed by atoms with E-state index in [1.54, 1.807) is 0 Å². The summed E-state index contributed by atoms with van der Waals surface area (Å²) < 4.78 is 5.75. The van der Waals surface area contributed by atoms with E-state index in [2.05, 4.69) is 5.32 Å². The highest BCUT2D eigenvalue weighted by molar-refractivity contribution is 5.78. The molecule has 0 radical (unpaired) electrons. The summed E-state index contributed by atoms with van der Waals surface area (Å²) in [6.07, 6.45) is 0. The monoisotopic (exact) mass is 298 g/mol. The Bertz CT molecular complexity index is 596. The van der Waals surface area contributed by atoms with Crippen LogP contribution < -0.4 is 15.8 Å². The van der Waals surface area contributed by atoms with Crippen molar-refractivity contribution in [2.45, 2.75) is 19.9 Å². The average molecular weight is 298 g/mol. The van der Waals surface area contributed by atoms with Crippen molar-refractivity contribution in [2.24, 2.45) is 11.7 Å². The minimum absolute atomic E-state index is 0.0281. The Labute approximate surface area is 131 Å². The first kappa shape index (κ1) is 16.0. The number of benzene rings is 2. The van der Waals surface area contributed by atoms with Gasteiger partial charge in [-0.15, -0.1) is 0 Å². The minimum atomic E-state index is -0.178. The van der Waals surface area contributed by atoms with Crippen molar-refractivity contribution >= 4 is 5.91 Å². The van der Waals surface area contributed by atoms with Crippen molar-refractivity contribution in [1.82, 2.24) is 5.32 Å². The number of hydrogen-bond donors (Lipinski definition) is 2. The number of rotatable bonds is 6. The average Bonchev–Trinajstić information content (AvgIpc) is 2.55. The zero-order chi connectivity index (χ0) is 15.9. The number of nitrogens with one attached hydrogen (secondary N) is 1. The maximum Gasteiger partial charge on any atom is 0.224 e. The molecule has 2 rings (SSSR count). The van der Waals surface area contributed by atoms with Crippen LogP contribution in [0.15, 0.2) is 54.6 Å². The Hall–Kier alpha value is -2.33. The molecule has 4 heteroatoms. The Balaban J connectivity index is 1.98. The third kappa shape index (κ3) is 4.33. The third-order valence-electron chi connectivity index (χ3n) is 3.52. The van der Waals surface area contributed by atoms with Gasteiger partial charge in [0, 0.05) is 12.5 Å². The first-order valence-electron chi connectivity index (χ1n) is 7.43. The molecule has 4 nitrogen and oxygen atoms in total. The zero-order valence-electron chi connectivity index (χ0n) is 13.0. The van der Waals surface area contributed by atoms with E-state index in [0.717, 1.165) is 17.1 Å². The summed E-state index contributed by atoms with van der Waals surface area (Å²) in [5, 5.41) is 2.96. The van der Waals surface area contributed by atoms with Gasteiger partial charge in [0.1, 0.15) is 11.5 Å². The molecule has 2 atom stereocenters. The molecule has 22 heavy (non-hydrogen) atoms. The van der Waals surface area contributed by atoms with E-state index < -0.39 is 0 Å². The van der Waals surface area contributed by atoms with Gasteiger partial charge in [0.15, 0.2) is 0 Å². The summed E-state index contributed by atoms with van der Waals surface area (Å²) in [5.74, 6) is 1.36. The first-order chi connectivity index (χ1) is 10.6. The number of carbonyl (C=O) groups excluding carboxylic acids is 1. The van der Waals surface area contributed by atoms with Gasteiger partial charge in [-0.05, 0) is 36.8 Å². The largest absolute Gasteiger partial charge is 0.457 e. The normalized spacial score (nSPS) is 13.2. The van der Waals surface area contributed by atoms with Gasteiger partial charge in [-0.2, -0.15) is 0 Å². The lowest BCUT2D eigenvalue weighted by molar-refractivity contribution is -0.124. The van der Waals surface area contributed by atoms with Crippen molar-refractivity contribution in [3.05, 3.63) is 60.2 Å². The number of nitrogens with two attached hydrogens (primary N) is 1. The second-order valence-corrected chi connectivity index (χ2v) is 5.35. The maximum atomic E-state index is 11.9. The molecule has 3 N–H and O–H groups in total. The maximum absolute atomic E-state index is 11.9. The molecular formula is C18H22N2O2. The van der Waals surface area contributed by atoms with Crippen molar-refractivity contribution in [3.63, 3.8) is 0 Å². The Morgan fingerprint density at radius 2 is 1.64 bits per heavy atom. The second kappa shape index (κ2) is 7.61. The van der Waals surface area contributed by atoms with Gasteiger partial charge < -0.3 is 15.8 Å². The predicted molar refractivity (Wildman–Crippen MR) is 87.7 cm³/mol. The van der Waals surface area contributed by atoms with Crippen LogP contribution in [0.5, 0.6) is 11.5 Å². The molecule has 2 unspecified atom stereocenters. The summed E-state index contributed by atoms with van der Waals surface area (Å²) >= 11 is 0. The van der Waals surface area contributed by atoms with Crippen LogP contribution in [-0.2, 0) is 4.79 Å². The molecule has 0 fully saturated rings. The van der Waals surface area contributed by atoms with Crippen LogP contribution >= 0.6 is 0 Å². The molecule has 0 saturated heterocycles. The van der Waals surface area contributed by atoms with Crippen LogP contribution in [-0.4, -0.2) is 12.5 Å². The third-order valence-corrected chi connectivity index (χ3v) is 3.52. The van der Waals surface area contributed by atoms with Crippen molar-refractivity contribution in [3.8, 4) is 11.5 Å². The molecule has 0 heterocycles. The molecule has 0 bridgehead atoms. The molecule has 0 aromatic heterocycles. The lowest BCUT2D eigenvalue weighted by atomic mass is 10.1. The first-order valence-corrected chi connectivity index (χ1v) is 7.43. The van der Waals surface area contributed by atoms with Crippen LogP contribution in [0.2, 0.25) is 0 Å². The fraction of sp³-hybridized carbons (Fsp3) is 0.278. The van der Waals surface area contributed by atoms with E-state index in [1.807, 2.05) is 68.4 Å². The topological polar surface area (TPSA) is 64.4 Å². The van der Waals surface area contributed by atoms with Crippen molar-refractivity contribution in [1.29, 1.82) is 0 Å². The van der Waals surface area contributed by atoms with E-state index in [0.29, 0.717) is 6.54 Å². The van der Waals surface area contributed by atoms with Gasteiger partial charge >= 0.3 is 0 Å². The molecule has 0 spiro atoms. The quantitative estimate of drug-likeness (QED) is 0.860. The van der Waals surface area contributed by atoms with Gasteiger partial charge in [-0.1, -0.05) is 37.3 Å². The molecule has 1 amide bonds. The highest BCUT2D eigenvalue weighted by Crippen LogP contribution is 2.23. The SMILES string of the molecule is CC(CN)C(=O)NC(C)c1ccc(Oc2ccccc2)cc1. The number of ether oxygens (including phenoxy) is 1. The fourth-order valence-electron chi connectivity index (χ4n) is 2.00. The second-order valence-electron chi connectivity index (χ2n) is 5.35. The van der Waals surface area contributed by atoms with Crippen LogP contribution in [0.3, 0.4) is 0 Å². The van der Waals surface area contributed by atoms with E-state index in [9.17, 15) is 4.79 Å². The highest BCUT2D eigenvalue weighted by atomic mass is 16.5. The van der Waals surface area contributed by atoms with Gasteiger partial charge in [-0.3, -0.25) is 4.79 Å². The van der Waals surface area contributed by atoms with Gasteiger partial charge in [0.25, 0.3) is 0 Å². The standard InChI is InChI=1S/C18H22N2O2/c1-13(12-19)18(21)20-14(2)15-8-10-17(11-9-15)22-16-6-4-3-5-7-16/h3-11,13-14H,12,19H2,1-2H3,(H,20,21). The van der Waals surface area contributed by atoms with Crippen LogP contribution in [0.4, 0.5) is 0 Å². The molecule has 2 aromatic carbocycles. The summed E-state index contributed by atoms with van der Waals surface area (Å²) in [7, 11) is 0. The lowest BCUT2D eigenvalue weighted by Gasteiger charge is -2.17. The Kier molecular flexibility index (Phi) is 5.55. The number of hydrogen-bond acceptors (Lipinski definition) is 3. The van der Waals surface area contributed by atoms with Crippen LogP contribution in [0, 0.1) is 5.92 Å². The molecule has 0 aliphatic rings. The molecular weight excluding hydrogens is 276 g/mol. The lowest BCUT2D eigenvalue weighted by Crippen LogP contribution is -2.34. The molecule has 2 aromatic rings. The van der Waals surface area contributed by atoms with Crippen LogP contribution in [0.25, 0.3) is 0 Å². The number of carbonyl (C=O) groups is 1. The summed E-state index contributed by atoms with van der Waals surface area (Å²) in [5.41, 5.74) is 6.53. The molecule has 0 saturated carbocycles. The number of amides is 1. The van der Waals surface area contributed by atoms with E-state index in [4.69, 9.17) is 10.5 Å². The van der Waals surface area contributed by atoms with Crippen molar-refractivity contribution < 1.29 is 9.53 Å². The van der Waals surface area contributed by atoms with Gasteiger partial charge in [0.2, 0.25) is 5.91 Å².